The summed E-state index contributed by atoms with van der Waals surface area (Å²) in [6.07, 6.45) is 2.83. The summed E-state index contributed by atoms with van der Waals surface area (Å²) in [5.41, 5.74) is 3.07. The summed E-state index contributed by atoms with van der Waals surface area (Å²) in [6.45, 7) is 1.51. The highest BCUT2D eigenvalue weighted by Crippen LogP contribution is 2.30. The van der Waals surface area contributed by atoms with Crippen molar-refractivity contribution in [3.05, 3.63) is 108 Å². The average molecular weight is 477 g/mol. The number of aliphatic hydroxyl groups excluding tert-OH is 1. The molecule has 3 aromatic carbocycles. The number of rotatable bonds is 8. The summed E-state index contributed by atoms with van der Waals surface area (Å²) in [5, 5.41) is 8.80. The maximum absolute atomic E-state index is 13.2. The Hall–Kier alpha value is -3.10. The first-order chi connectivity index (χ1) is 16.5. The number of aliphatic hydroxyl groups is 1. The van der Waals surface area contributed by atoms with Crippen molar-refractivity contribution in [1.82, 2.24) is 9.21 Å². The SMILES string of the molecule is O=C(/C=C/c1ccc(S(=O)(=O)N2CCN(C(c3ccccc3)c3ccccc3)CC2)cc1)CO. The van der Waals surface area contributed by atoms with Crippen LogP contribution in [0.4, 0.5) is 0 Å². The fourth-order valence-corrected chi connectivity index (χ4v) is 5.65. The first-order valence-electron chi connectivity index (χ1n) is 11.2. The molecule has 0 aliphatic carbocycles. The number of carbonyl (C=O) groups excluding carboxylic acids is 1. The van der Waals surface area contributed by atoms with Crippen LogP contribution in [0.1, 0.15) is 22.7 Å². The standard InChI is InChI=1S/C27H28N2O4S/c30-21-25(31)14-11-22-12-15-26(16-13-22)34(32,33)29-19-17-28(18-20-29)27(23-7-3-1-4-8-23)24-9-5-2-6-10-24/h1-16,27,30H,17-21H2/b14-11+. The normalized spacial score (nSPS) is 15.7. The first-order valence-corrected chi connectivity index (χ1v) is 12.7. The molecule has 0 radical (unpaired) electrons. The third-order valence-electron chi connectivity index (χ3n) is 6.00. The van der Waals surface area contributed by atoms with Crippen molar-refractivity contribution in [2.24, 2.45) is 0 Å². The quantitative estimate of drug-likeness (QED) is 0.505. The highest BCUT2D eigenvalue weighted by Gasteiger charge is 2.32. The maximum atomic E-state index is 13.2. The predicted octanol–water partition coefficient (Wildman–Crippen LogP) is 3.36. The molecule has 0 saturated carbocycles. The molecule has 1 saturated heterocycles. The molecule has 0 aromatic heterocycles. The van der Waals surface area contributed by atoms with Gasteiger partial charge in [0.15, 0.2) is 5.78 Å². The van der Waals surface area contributed by atoms with E-state index in [0.717, 1.165) is 0 Å². The van der Waals surface area contributed by atoms with Gasteiger partial charge in [-0.1, -0.05) is 78.9 Å². The van der Waals surface area contributed by atoms with Gasteiger partial charge in [-0.2, -0.15) is 4.31 Å². The number of carbonyl (C=O) groups is 1. The van der Waals surface area contributed by atoms with E-state index in [-0.39, 0.29) is 10.9 Å². The number of hydrogen-bond acceptors (Lipinski definition) is 5. The van der Waals surface area contributed by atoms with Gasteiger partial charge in [0.2, 0.25) is 10.0 Å². The van der Waals surface area contributed by atoms with E-state index in [1.807, 2.05) is 36.4 Å². The second kappa shape index (κ2) is 10.9. The fourth-order valence-electron chi connectivity index (χ4n) is 4.23. The van der Waals surface area contributed by atoms with Crippen molar-refractivity contribution < 1.29 is 18.3 Å². The molecule has 4 rings (SSSR count). The van der Waals surface area contributed by atoms with Crippen LogP contribution in [0.25, 0.3) is 6.08 Å². The molecule has 0 amide bonds. The summed E-state index contributed by atoms with van der Waals surface area (Å²) >= 11 is 0. The fraction of sp³-hybridized carbons (Fsp3) is 0.222. The van der Waals surface area contributed by atoms with Crippen molar-refractivity contribution in [2.75, 3.05) is 32.8 Å². The number of benzene rings is 3. The van der Waals surface area contributed by atoms with Crippen LogP contribution in [0, 0.1) is 0 Å². The maximum Gasteiger partial charge on any atom is 0.243 e. The zero-order valence-corrected chi connectivity index (χ0v) is 19.6. The summed E-state index contributed by atoms with van der Waals surface area (Å²) in [6, 6.07) is 27.1. The van der Waals surface area contributed by atoms with Crippen LogP contribution < -0.4 is 0 Å². The van der Waals surface area contributed by atoms with E-state index in [1.54, 1.807) is 30.3 Å². The van der Waals surface area contributed by atoms with Crippen molar-refractivity contribution in [3.8, 4) is 0 Å². The molecule has 7 heteroatoms. The van der Waals surface area contributed by atoms with Gasteiger partial charge in [-0.05, 0) is 34.9 Å². The number of sulfonamides is 1. The van der Waals surface area contributed by atoms with E-state index in [1.165, 1.54) is 21.5 Å². The molecule has 176 valence electrons. The highest BCUT2D eigenvalue weighted by molar-refractivity contribution is 7.89. The van der Waals surface area contributed by atoms with Crippen molar-refractivity contribution in [3.63, 3.8) is 0 Å². The molecular weight excluding hydrogens is 448 g/mol. The molecular formula is C27H28N2O4S. The van der Waals surface area contributed by atoms with Gasteiger partial charge in [0, 0.05) is 26.2 Å². The Kier molecular flexibility index (Phi) is 7.70. The van der Waals surface area contributed by atoms with Crippen LogP contribution in [0.15, 0.2) is 95.9 Å². The van der Waals surface area contributed by atoms with Crippen LogP contribution in [0.3, 0.4) is 0 Å². The Labute approximate surface area is 200 Å². The minimum atomic E-state index is -3.62. The average Bonchev–Trinajstić information content (AvgIpc) is 2.89. The molecule has 6 nitrogen and oxygen atoms in total. The van der Waals surface area contributed by atoms with Gasteiger partial charge in [0.05, 0.1) is 10.9 Å². The summed E-state index contributed by atoms with van der Waals surface area (Å²) in [4.78, 5) is 13.8. The van der Waals surface area contributed by atoms with Gasteiger partial charge in [-0.25, -0.2) is 8.42 Å². The van der Waals surface area contributed by atoms with Crippen molar-refractivity contribution >= 4 is 21.9 Å². The Morgan fingerprint density at radius 1 is 0.824 bits per heavy atom. The van der Waals surface area contributed by atoms with Gasteiger partial charge >= 0.3 is 0 Å². The second-order valence-corrected chi connectivity index (χ2v) is 10.1. The Morgan fingerprint density at radius 2 is 1.35 bits per heavy atom. The molecule has 34 heavy (non-hydrogen) atoms. The smallest absolute Gasteiger partial charge is 0.243 e. The van der Waals surface area contributed by atoms with E-state index < -0.39 is 22.4 Å². The van der Waals surface area contributed by atoms with E-state index in [4.69, 9.17) is 5.11 Å². The van der Waals surface area contributed by atoms with E-state index in [9.17, 15) is 13.2 Å². The molecule has 3 aromatic rings. The van der Waals surface area contributed by atoms with E-state index >= 15 is 0 Å². The monoisotopic (exact) mass is 476 g/mol. The van der Waals surface area contributed by atoms with E-state index in [0.29, 0.717) is 31.7 Å². The molecule has 0 atom stereocenters. The summed E-state index contributed by atoms with van der Waals surface area (Å²) in [7, 11) is -3.62. The van der Waals surface area contributed by atoms with Crippen LogP contribution in [-0.4, -0.2) is 61.3 Å². The van der Waals surface area contributed by atoms with Crippen LogP contribution in [0.5, 0.6) is 0 Å². The Bertz CT molecular complexity index is 1180. The lowest BCUT2D eigenvalue weighted by Gasteiger charge is -2.39. The third-order valence-corrected chi connectivity index (χ3v) is 7.92. The molecule has 1 aliphatic heterocycles. The first kappa shape index (κ1) is 24.0. The lowest BCUT2D eigenvalue weighted by Crippen LogP contribution is -2.49. The molecule has 1 N–H and O–H groups in total. The molecule has 1 aliphatic rings. The summed E-state index contributed by atoms with van der Waals surface area (Å²) in [5.74, 6) is -0.404. The van der Waals surface area contributed by atoms with Gasteiger partial charge in [0.1, 0.15) is 6.61 Å². The largest absolute Gasteiger partial charge is 0.388 e. The minimum Gasteiger partial charge on any atom is -0.388 e. The molecule has 0 bridgehead atoms. The minimum absolute atomic E-state index is 0.0694. The van der Waals surface area contributed by atoms with Gasteiger partial charge < -0.3 is 5.11 Å². The van der Waals surface area contributed by atoms with Crippen LogP contribution in [-0.2, 0) is 14.8 Å². The predicted molar refractivity (Wildman–Crippen MR) is 133 cm³/mol. The topological polar surface area (TPSA) is 77.9 Å². The Morgan fingerprint density at radius 3 is 1.85 bits per heavy atom. The summed E-state index contributed by atoms with van der Waals surface area (Å²) < 4.78 is 28.0. The zero-order valence-electron chi connectivity index (χ0n) is 18.8. The zero-order chi connectivity index (χ0) is 24.0. The number of piperazine rings is 1. The van der Waals surface area contributed by atoms with Crippen LogP contribution in [0.2, 0.25) is 0 Å². The third kappa shape index (κ3) is 5.51. The van der Waals surface area contributed by atoms with Crippen LogP contribution >= 0.6 is 0 Å². The molecule has 0 unspecified atom stereocenters. The number of hydrogen-bond donors (Lipinski definition) is 1. The van der Waals surface area contributed by atoms with Gasteiger partial charge in [0.25, 0.3) is 0 Å². The van der Waals surface area contributed by atoms with Crippen molar-refractivity contribution in [1.29, 1.82) is 0 Å². The molecule has 1 heterocycles. The molecule has 1 fully saturated rings. The lowest BCUT2D eigenvalue weighted by atomic mass is 9.96. The highest BCUT2D eigenvalue weighted by atomic mass is 32.2. The van der Waals surface area contributed by atoms with Gasteiger partial charge in [-0.3, -0.25) is 9.69 Å². The lowest BCUT2D eigenvalue weighted by molar-refractivity contribution is -0.117. The number of nitrogens with zero attached hydrogens (tertiary/aromatic N) is 2. The van der Waals surface area contributed by atoms with Crippen molar-refractivity contribution in [2.45, 2.75) is 10.9 Å². The number of ketones is 1. The Balaban J connectivity index is 1.48. The molecule has 0 spiro atoms. The van der Waals surface area contributed by atoms with E-state index in [2.05, 4.69) is 29.2 Å². The second-order valence-electron chi connectivity index (χ2n) is 8.19. The van der Waals surface area contributed by atoms with Gasteiger partial charge in [-0.15, -0.1) is 0 Å².